The van der Waals surface area contributed by atoms with Gasteiger partial charge in [0.15, 0.2) is 0 Å². The third kappa shape index (κ3) is 6.76. The van der Waals surface area contributed by atoms with Crippen molar-refractivity contribution in [1.29, 1.82) is 0 Å². The topological polar surface area (TPSA) is 85.2 Å². The van der Waals surface area contributed by atoms with Crippen LogP contribution in [0.15, 0.2) is 104 Å². The number of allylic oxidation sites excluding steroid dienone is 2. The van der Waals surface area contributed by atoms with E-state index in [1.807, 2.05) is 31.2 Å². The zero-order valence-electron chi connectivity index (χ0n) is 24.1. The number of benzene rings is 3. The Balaban J connectivity index is 0.000000625. The molecule has 3 aromatic carbocycles. The number of hydrogen-bond acceptors (Lipinski definition) is 5. The minimum absolute atomic E-state index is 0. The van der Waals surface area contributed by atoms with Gasteiger partial charge < -0.3 is 20.2 Å². The molecule has 0 aliphatic carbocycles. The Kier molecular flexibility index (Phi) is 10.2. The fourth-order valence-corrected chi connectivity index (χ4v) is 4.74. The van der Waals surface area contributed by atoms with Crippen molar-refractivity contribution in [3.63, 3.8) is 0 Å². The number of aromatic amines is 1. The average Bonchev–Trinajstić information content (AvgIpc) is 3.62. The first-order valence-corrected chi connectivity index (χ1v) is 13.3. The Hall–Kier alpha value is -3.91. The van der Waals surface area contributed by atoms with E-state index in [2.05, 4.69) is 76.4 Å². The number of hydrogen-bond donors (Lipinski definition) is 1. The van der Waals surface area contributed by atoms with Crippen molar-refractivity contribution in [2.24, 2.45) is 0 Å². The van der Waals surface area contributed by atoms with E-state index in [9.17, 15) is 4.79 Å². The van der Waals surface area contributed by atoms with Crippen molar-refractivity contribution in [2.75, 3.05) is 7.11 Å². The maximum absolute atomic E-state index is 11.8. The van der Waals surface area contributed by atoms with Crippen LogP contribution in [0.5, 0.6) is 0 Å². The van der Waals surface area contributed by atoms with Crippen LogP contribution in [0.2, 0.25) is 0 Å². The van der Waals surface area contributed by atoms with E-state index in [1.54, 1.807) is 24.5 Å². The van der Waals surface area contributed by atoms with Gasteiger partial charge in [-0.2, -0.15) is 0 Å². The van der Waals surface area contributed by atoms with Gasteiger partial charge in [-0.1, -0.05) is 85.0 Å². The van der Waals surface area contributed by atoms with Crippen molar-refractivity contribution in [2.45, 2.75) is 26.9 Å². The molecule has 0 saturated carbocycles. The number of fused-ring (bicyclic) bond motifs is 2. The fourth-order valence-electron chi connectivity index (χ4n) is 4.74. The second kappa shape index (κ2) is 13.8. The number of methoxy groups -OCH3 is 1. The second-order valence-corrected chi connectivity index (χ2v) is 9.93. The number of ether oxygens (including phenoxy) is 1. The average molecular weight is 632 g/mol. The maximum atomic E-state index is 11.8. The van der Waals surface area contributed by atoms with Gasteiger partial charge in [-0.15, -0.1) is 5.69 Å². The van der Waals surface area contributed by atoms with Crippen LogP contribution in [0.25, 0.3) is 39.0 Å². The summed E-state index contributed by atoms with van der Waals surface area (Å²) in [5.41, 5.74) is 15.6. The van der Waals surface area contributed by atoms with E-state index in [-0.39, 0.29) is 38.7 Å². The number of nitrogens with one attached hydrogen (secondary N) is 1. The van der Waals surface area contributed by atoms with Crippen LogP contribution in [-0.4, -0.2) is 33.0 Å². The summed E-state index contributed by atoms with van der Waals surface area (Å²) < 4.78 is 4.80. The van der Waals surface area contributed by atoms with Gasteiger partial charge in [0, 0.05) is 62.4 Å². The van der Waals surface area contributed by atoms with Crippen molar-refractivity contribution in [1.82, 2.24) is 20.0 Å². The van der Waals surface area contributed by atoms with Crippen LogP contribution in [0.4, 0.5) is 5.69 Å². The first kappa shape index (κ1) is 31.0. The normalized spacial score (nSPS) is 12.0. The molecule has 0 bridgehead atoms. The number of H-pyrrole nitrogens is 1. The van der Waals surface area contributed by atoms with Crippen molar-refractivity contribution < 1.29 is 42.2 Å². The third-order valence-electron chi connectivity index (χ3n) is 7.02. The summed E-state index contributed by atoms with van der Waals surface area (Å²) in [4.78, 5) is 24.3. The van der Waals surface area contributed by atoms with Gasteiger partial charge in [-0.05, 0) is 48.7 Å². The van der Waals surface area contributed by atoms with Gasteiger partial charge >= 0.3 is 5.97 Å². The molecule has 1 N–H and O–H groups in total. The SMILES string of the molecule is C=CC(=C)C.COC(=O)c1ccc(-c2cc3c(-c4cccc([N-]N5Cc6ccccc6C5)c4C)ncnc3[nH]2)cc1.[Y]. The zero-order chi connectivity index (χ0) is 28.9. The van der Waals surface area contributed by atoms with Crippen LogP contribution in [0, 0.1) is 6.92 Å². The van der Waals surface area contributed by atoms with Gasteiger partial charge in [0.1, 0.15) is 12.0 Å². The van der Waals surface area contributed by atoms with Crippen LogP contribution in [0.3, 0.4) is 0 Å². The Labute approximate surface area is 271 Å². The van der Waals surface area contributed by atoms with Crippen LogP contribution < -0.4 is 0 Å². The number of aromatic nitrogens is 3. The van der Waals surface area contributed by atoms with E-state index in [4.69, 9.17) is 10.2 Å². The van der Waals surface area contributed by atoms with E-state index < -0.39 is 0 Å². The molecule has 5 aromatic rings. The first-order valence-electron chi connectivity index (χ1n) is 13.3. The smallest absolute Gasteiger partial charge is 0.337 e. The predicted molar refractivity (Wildman–Crippen MR) is 165 cm³/mol. The van der Waals surface area contributed by atoms with Crippen molar-refractivity contribution in [3.8, 4) is 22.5 Å². The molecule has 3 heterocycles. The first-order chi connectivity index (χ1) is 19.9. The molecule has 1 aliphatic rings. The molecule has 8 heteroatoms. The molecule has 7 nitrogen and oxygen atoms in total. The van der Waals surface area contributed by atoms with Gasteiger partial charge in [0.25, 0.3) is 0 Å². The Morgan fingerprint density at radius 3 is 2.31 bits per heavy atom. The summed E-state index contributed by atoms with van der Waals surface area (Å²) in [6.07, 6.45) is 3.30. The Bertz CT molecular complexity index is 1720. The van der Waals surface area contributed by atoms with Gasteiger partial charge in [-0.3, -0.25) is 0 Å². The largest absolute Gasteiger partial charge is 0.619 e. The minimum atomic E-state index is -0.357. The number of nitrogens with zero attached hydrogens (tertiary/aromatic N) is 4. The van der Waals surface area contributed by atoms with Crippen LogP contribution >= 0.6 is 0 Å². The van der Waals surface area contributed by atoms with E-state index in [1.165, 1.54) is 18.2 Å². The molecule has 0 fully saturated rings. The molecular formula is C34H32N5O2Y-. The van der Waals surface area contributed by atoms with E-state index in [0.717, 1.165) is 63.5 Å². The number of rotatable bonds is 6. The van der Waals surface area contributed by atoms with Crippen LogP contribution in [0.1, 0.15) is 34.0 Å². The standard InChI is InChI=1S/C29H24N5O2.C5H8.Y/c1-18-23(8-5-9-25(18)33-34-15-21-6-3-4-7-22(21)16-34)27-24-14-26(32-28(24)31-17-30-27)19-10-12-20(13-11-19)29(35)36-2;1-4-5(2)3;/h3-14,17H,15-16H2,1-2H3,(H,30,31,32,35);4H,1-2H2,3H3;/q-1;;. The van der Waals surface area contributed by atoms with Crippen molar-refractivity contribution >= 4 is 22.7 Å². The molecule has 0 atom stereocenters. The van der Waals surface area contributed by atoms with E-state index >= 15 is 0 Å². The fraction of sp³-hybridized carbons (Fsp3) is 0.147. The molecule has 42 heavy (non-hydrogen) atoms. The number of esters is 1. The predicted octanol–water partition coefficient (Wildman–Crippen LogP) is 8.07. The molecule has 209 valence electrons. The molecule has 0 unspecified atom stereocenters. The molecule has 2 aromatic heterocycles. The third-order valence-corrected chi connectivity index (χ3v) is 7.02. The maximum Gasteiger partial charge on any atom is 0.337 e. The Morgan fingerprint density at radius 1 is 1.02 bits per heavy atom. The summed E-state index contributed by atoms with van der Waals surface area (Å²) in [7, 11) is 1.38. The molecule has 1 radical (unpaired) electrons. The summed E-state index contributed by atoms with van der Waals surface area (Å²) in [5.74, 6) is -0.357. The van der Waals surface area contributed by atoms with Crippen molar-refractivity contribution in [3.05, 3.63) is 132 Å². The molecule has 0 spiro atoms. The van der Waals surface area contributed by atoms with Crippen LogP contribution in [-0.2, 0) is 50.5 Å². The van der Waals surface area contributed by atoms with Gasteiger partial charge in [-0.25, -0.2) is 14.8 Å². The molecule has 0 saturated heterocycles. The second-order valence-electron chi connectivity index (χ2n) is 9.93. The molecule has 0 amide bonds. The number of carbonyl (C=O) groups is 1. The van der Waals surface area contributed by atoms with Gasteiger partial charge in [0.05, 0.1) is 18.4 Å². The summed E-state index contributed by atoms with van der Waals surface area (Å²) >= 11 is 0. The molecular weight excluding hydrogens is 599 g/mol. The summed E-state index contributed by atoms with van der Waals surface area (Å²) in [5, 5.41) is 3.04. The number of carbonyl (C=O) groups excluding carboxylic acids is 1. The minimum Gasteiger partial charge on any atom is -0.619 e. The molecule has 6 rings (SSSR count). The quantitative estimate of drug-likeness (QED) is 0.151. The monoisotopic (exact) mass is 631 g/mol. The summed E-state index contributed by atoms with van der Waals surface area (Å²) in [6.45, 7) is 12.6. The molecule has 1 aliphatic heterocycles. The Morgan fingerprint density at radius 2 is 1.69 bits per heavy atom. The zero-order valence-corrected chi connectivity index (χ0v) is 26.9. The van der Waals surface area contributed by atoms with E-state index in [0.29, 0.717) is 5.56 Å². The van der Waals surface area contributed by atoms with Gasteiger partial charge in [0.2, 0.25) is 0 Å². The summed E-state index contributed by atoms with van der Waals surface area (Å²) in [6, 6.07) is 24.0.